The molecule has 2 amide bonds. The van der Waals surface area contributed by atoms with Gasteiger partial charge in [0.2, 0.25) is 0 Å². The zero-order valence-electron chi connectivity index (χ0n) is 13.4. The highest BCUT2D eigenvalue weighted by atomic mass is 19.1. The van der Waals surface area contributed by atoms with E-state index in [0.717, 1.165) is 24.6 Å². The number of urea groups is 1. The summed E-state index contributed by atoms with van der Waals surface area (Å²) in [5, 5.41) is 9.70. The van der Waals surface area contributed by atoms with E-state index < -0.39 is 17.7 Å². The van der Waals surface area contributed by atoms with Gasteiger partial charge >= 0.3 is 6.03 Å². The molecule has 1 saturated heterocycles. The first-order valence-corrected chi connectivity index (χ1v) is 8.04. The molecule has 0 spiro atoms. The molecule has 2 heterocycles. The molecule has 1 aromatic carbocycles. The van der Waals surface area contributed by atoms with Gasteiger partial charge in [-0.05, 0) is 31.9 Å². The van der Waals surface area contributed by atoms with E-state index >= 15 is 0 Å². The Hall–Kier alpha value is -2.44. The molecule has 7 heteroatoms. The number of aromatic nitrogens is 2. The van der Waals surface area contributed by atoms with Crippen molar-refractivity contribution in [2.24, 2.45) is 0 Å². The second-order valence-corrected chi connectivity index (χ2v) is 6.13. The Labute approximate surface area is 139 Å². The van der Waals surface area contributed by atoms with Crippen molar-refractivity contribution in [2.75, 3.05) is 13.1 Å². The van der Waals surface area contributed by atoms with Gasteiger partial charge < -0.3 is 10.2 Å². The topological polar surface area (TPSA) is 61.0 Å². The van der Waals surface area contributed by atoms with Crippen LogP contribution in [0.25, 0.3) is 0 Å². The third-order valence-electron chi connectivity index (χ3n) is 4.44. The normalized spacial score (nSPS) is 19.1. The molecule has 1 aliphatic rings. The Kier molecular flexibility index (Phi) is 4.78. The van der Waals surface area contributed by atoms with Crippen LogP contribution in [0.4, 0.5) is 13.6 Å². The van der Waals surface area contributed by atoms with Crippen molar-refractivity contribution in [3.05, 3.63) is 53.4 Å². The number of rotatable bonds is 3. The first-order valence-electron chi connectivity index (χ1n) is 8.04. The molecule has 24 heavy (non-hydrogen) atoms. The highest BCUT2D eigenvalue weighted by molar-refractivity contribution is 5.75. The van der Waals surface area contributed by atoms with Gasteiger partial charge in [0.25, 0.3) is 0 Å². The number of likely N-dealkylation sites (tertiary alicyclic amines) is 1. The van der Waals surface area contributed by atoms with Crippen LogP contribution >= 0.6 is 0 Å². The van der Waals surface area contributed by atoms with Crippen molar-refractivity contribution in [1.82, 2.24) is 20.4 Å². The summed E-state index contributed by atoms with van der Waals surface area (Å²) in [6.45, 7) is 2.94. The Morgan fingerprint density at radius 3 is 2.96 bits per heavy atom. The summed E-state index contributed by atoms with van der Waals surface area (Å²) in [6, 6.07) is 4.52. The average Bonchev–Trinajstić information content (AvgIpc) is 3.09. The third-order valence-corrected chi connectivity index (χ3v) is 4.44. The van der Waals surface area contributed by atoms with E-state index in [1.54, 1.807) is 18.0 Å². The van der Waals surface area contributed by atoms with Crippen molar-refractivity contribution < 1.29 is 13.6 Å². The smallest absolute Gasteiger partial charge is 0.317 e. The zero-order chi connectivity index (χ0) is 17.1. The van der Waals surface area contributed by atoms with Crippen LogP contribution in [0.5, 0.6) is 0 Å². The minimum atomic E-state index is -0.656. The molecule has 1 fully saturated rings. The molecule has 0 aliphatic carbocycles. The molecule has 2 atom stereocenters. The maximum atomic E-state index is 13.8. The fourth-order valence-electron chi connectivity index (χ4n) is 3.12. The summed E-state index contributed by atoms with van der Waals surface area (Å²) < 4.78 is 26.8. The summed E-state index contributed by atoms with van der Waals surface area (Å²) in [5.41, 5.74) is 1.29. The number of piperidine rings is 1. The number of benzene rings is 1. The second kappa shape index (κ2) is 6.98. The number of hydrogen-bond donors (Lipinski definition) is 2. The van der Waals surface area contributed by atoms with Gasteiger partial charge in [-0.2, -0.15) is 5.10 Å². The molecule has 3 rings (SSSR count). The number of carbonyl (C=O) groups is 1. The van der Waals surface area contributed by atoms with Crippen LogP contribution < -0.4 is 5.32 Å². The fourth-order valence-corrected chi connectivity index (χ4v) is 3.12. The summed E-state index contributed by atoms with van der Waals surface area (Å²) in [4.78, 5) is 14.2. The number of carbonyl (C=O) groups excluding carboxylic acids is 1. The fraction of sp³-hybridized carbons (Fsp3) is 0.412. The van der Waals surface area contributed by atoms with Crippen LogP contribution in [-0.2, 0) is 0 Å². The lowest BCUT2D eigenvalue weighted by Gasteiger charge is -2.33. The number of halogens is 2. The summed E-state index contributed by atoms with van der Waals surface area (Å²) in [7, 11) is 0. The van der Waals surface area contributed by atoms with Crippen molar-refractivity contribution in [3.8, 4) is 0 Å². The molecule has 1 aromatic heterocycles. The lowest BCUT2D eigenvalue weighted by Crippen LogP contribution is -2.45. The second-order valence-electron chi connectivity index (χ2n) is 6.13. The van der Waals surface area contributed by atoms with E-state index in [4.69, 9.17) is 0 Å². The van der Waals surface area contributed by atoms with Crippen LogP contribution in [-0.4, -0.2) is 34.2 Å². The largest absolute Gasteiger partial charge is 0.331 e. The van der Waals surface area contributed by atoms with E-state index in [1.165, 1.54) is 12.1 Å². The minimum Gasteiger partial charge on any atom is -0.331 e. The van der Waals surface area contributed by atoms with E-state index in [1.807, 2.05) is 6.07 Å². The molecular formula is C17H20F2N4O. The summed E-state index contributed by atoms with van der Waals surface area (Å²) >= 11 is 0. The Bertz CT molecular complexity index is 705. The zero-order valence-corrected chi connectivity index (χ0v) is 13.4. The van der Waals surface area contributed by atoms with Gasteiger partial charge in [0.1, 0.15) is 11.6 Å². The molecule has 128 valence electrons. The molecule has 2 unspecified atom stereocenters. The molecule has 0 bridgehead atoms. The van der Waals surface area contributed by atoms with Gasteiger partial charge in [-0.1, -0.05) is 6.07 Å². The van der Waals surface area contributed by atoms with Gasteiger partial charge in [0.05, 0.1) is 6.04 Å². The van der Waals surface area contributed by atoms with Crippen molar-refractivity contribution in [2.45, 2.75) is 31.7 Å². The number of hydrogen-bond acceptors (Lipinski definition) is 2. The molecule has 5 nitrogen and oxygen atoms in total. The van der Waals surface area contributed by atoms with Crippen LogP contribution in [0, 0.1) is 11.6 Å². The van der Waals surface area contributed by atoms with E-state index in [0.29, 0.717) is 13.1 Å². The number of nitrogens with zero attached hydrogens (tertiary/aromatic N) is 2. The van der Waals surface area contributed by atoms with Crippen LogP contribution in [0.1, 0.15) is 43.0 Å². The van der Waals surface area contributed by atoms with E-state index in [-0.39, 0.29) is 17.5 Å². The van der Waals surface area contributed by atoms with Crippen molar-refractivity contribution >= 4 is 6.03 Å². The van der Waals surface area contributed by atoms with Gasteiger partial charge in [-0.3, -0.25) is 5.10 Å². The summed E-state index contributed by atoms with van der Waals surface area (Å²) in [6.07, 6.45) is 3.60. The molecule has 1 aliphatic heterocycles. The number of aromatic amines is 1. The van der Waals surface area contributed by atoms with Gasteiger partial charge in [-0.15, -0.1) is 0 Å². The first-order chi connectivity index (χ1) is 11.5. The summed E-state index contributed by atoms with van der Waals surface area (Å²) in [5.74, 6) is -1.06. The average molecular weight is 334 g/mol. The number of nitrogens with one attached hydrogen (secondary N) is 2. The number of amides is 2. The van der Waals surface area contributed by atoms with Crippen molar-refractivity contribution in [1.29, 1.82) is 0 Å². The predicted octanol–water partition coefficient (Wildman–Crippen LogP) is 3.34. The van der Waals surface area contributed by atoms with E-state index in [9.17, 15) is 13.6 Å². The molecule has 2 aromatic rings. The highest BCUT2D eigenvalue weighted by Gasteiger charge is 2.26. The lowest BCUT2D eigenvalue weighted by atomic mass is 9.95. The molecule has 0 radical (unpaired) electrons. The minimum absolute atomic E-state index is 0.227. The maximum Gasteiger partial charge on any atom is 0.317 e. The molecular weight excluding hydrogens is 314 g/mol. The van der Waals surface area contributed by atoms with Crippen LogP contribution in [0.15, 0.2) is 30.5 Å². The van der Waals surface area contributed by atoms with Crippen LogP contribution in [0.2, 0.25) is 0 Å². The highest BCUT2D eigenvalue weighted by Crippen LogP contribution is 2.26. The van der Waals surface area contributed by atoms with E-state index in [2.05, 4.69) is 15.5 Å². The predicted molar refractivity (Wildman–Crippen MR) is 85.4 cm³/mol. The maximum absolute atomic E-state index is 13.8. The lowest BCUT2D eigenvalue weighted by molar-refractivity contribution is 0.176. The number of H-pyrrole nitrogens is 1. The van der Waals surface area contributed by atoms with Gasteiger partial charge in [0.15, 0.2) is 0 Å². The SMILES string of the molecule is CC(NC(=O)N1CCCC(c2ccn[nH]2)C1)c1ccc(F)cc1F. The van der Waals surface area contributed by atoms with Crippen molar-refractivity contribution in [3.63, 3.8) is 0 Å². The Morgan fingerprint density at radius 1 is 1.42 bits per heavy atom. The Morgan fingerprint density at radius 2 is 2.25 bits per heavy atom. The van der Waals surface area contributed by atoms with Gasteiger partial charge in [0, 0.05) is 42.5 Å². The quantitative estimate of drug-likeness (QED) is 0.904. The Balaban J connectivity index is 1.63. The monoisotopic (exact) mass is 334 g/mol. The molecule has 2 N–H and O–H groups in total. The standard InChI is InChI=1S/C17H20F2N4O/c1-11(14-5-4-13(18)9-15(14)19)21-17(24)23-8-2-3-12(10-23)16-6-7-20-22-16/h4-7,9,11-12H,2-3,8,10H2,1H3,(H,20,22)(H,21,24). The first kappa shape index (κ1) is 16.4. The third kappa shape index (κ3) is 3.55. The molecule has 0 saturated carbocycles. The van der Waals surface area contributed by atoms with Crippen LogP contribution in [0.3, 0.4) is 0 Å². The van der Waals surface area contributed by atoms with Gasteiger partial charge in [-0.25, -0.2) is 13.6 Å².